The van der Waals surface area contributed by atoms with Gasteiger partial charge in [-0.1, -0.05) is 0 Å². The highest BCUT2D eigenvalue weighted by Crippen LogP contribution is 2.22. The van der Waals surface area contributed by atoms with Gasteiger partial charge in [0.05, 0.1) is 24.0 Å². The summed E-state index contributed by atoms with van der Waals surface area (Å²) in [7, 11) is 0. The zero-order chi connectivity index (χ0) is 26.5. The van der Waals surface area contributed by atoms with Crippen LogP contribution in [0.2, 0.25) is 0 Å². The van der Waals surface area contributed by atoms with Gasteiger partial charge in [-0.2, -0.15) is 0 Å². The van der Waals surface area contributed by atoms with Crippen LogP contribution in [0.1, 0.15) is 40.7 Å². The minimum atomic E-state index is -0.990. The lowest BCUT2D eigenvalue weighted by Crippen LogP contribution is -2.33. The number of carboxylic acid groups (broad SMARTS) is 1. The highest BCUT2D eigenvalue weighted by molar-refractivity contribution is 6.07. The van der Waals surface area contributed by atoms with Crippen LogP contribution in [-0.4, -0.2) is 43.9 Å². The van der Waals surface area contributed by atoms with E-state index >= 15 is 0 Å². The second-order valence-corrected chi connectivity index (χ2v) is 8.61. The van der Waals surface area contributed by atoms with Crippen molar-refractivity contribution in [1.82, 2.24) is 14.5 Å². The monoisotopic (exact) mass is 499 g/mol. The number of anilines is 2. The summed E-state index contributed by atoms with van der Waals surface area (Å²) in [6, 6.07) is 16.2. The van der Waals surface area contributed by atoms with E-state index in [1.807, 2.05) is 38.1 Å². The Morgan fingerprint density at radius 2 is 1.84 bits per heavy atom. The molecule has 10 nitrogen and oxygen atoms in total. The Bertz CT molecular complexity index is 1460. The second kappa shape index (κ2) is 10.9. The number of aromatic nitrogens is 3. The third kappa shape index (κ3) is 5.75. The van der Waals surface area contributed by atoms with Crippen LogP contribution in [0, 0.1) is 12.3 Å². The average molecular weight is 500 g/mol. The number of nitrogens with one attached hydrogen (secondary N) is 2. The minimum Gasteiger partial charge on any atom is -0.481 e. The third-order valence-corrected chi connectivity index (χ3v) is 6.01. The molecule has 2 aromatic carbocycles. The number of carboxylic acids is 1. The number of rotatable bonds is 10. The SMILES string of the molecule is CCn1c(CNc2ccc(C(=N)N)cc2)nc2cc(C(=O)N(CCC(=O)O)c3cc(C)ccn3)ccc21. The zero-order valence-electron chi connectivity index (χ0n) is 20.7. The Morgan fingerprint density at radius 1 is 1.11 bits per heavy atom. The topological polar surface area (TPSA) is 150 Å². The molecule has 0 aliphatic heterocycles. The highest BCUT2D eigenvalue weighted by Gasteiger charge is 2.21. The normalized spacial score (nSPS) is 10.9. The number of amidine groups is 1. The van der Waals surface area contributed by atoms with Gasteiger partial charge >= 0.3 is 5.97 Å². The van der Waals surface area contributed by atoms with E-state index in [1.165, 1.54) is 4.90 Å². The molecule has 0 aliphatic carbocycles. The van der Waals surface area contributed by atoms with E-state index in [0.717, 1.165) is 22.6 Å². The maximum Gasteiger partial charge on any atom is 0.305 e. The van der Waals surface area contributed by atoms with E-state index < -0.39 is 5.97 Å². The van der Waals surface area contributed by atoms with Crippen LogP contribution >= 0.6 is 0 Å². The molecular formula is C27H29N7O3. The lowest BCUT2D eigenvalue weighted by Gasteiger charge is -2.21. The second-order valence-electron chi connectivity index (χ2n) is 8.61. The number of carbonyl (C=O) groups excluding carboxylic acids is 1. The molecule has 4 rings (SSSR count). The molecule has 0 bridgehead atoms. The fourth-order valence-corrected chi connectivity index (χ4v) is 4.10. The summed E-state index contributed by atoms with van der Waals surface area (Å²) in [5.74, 6) is -0.0930. The summed E-state index contributed by atoms with van der Waals surface area (Å²) in [6.07, 6.45) is 1.40. The van der Waals surface area contributed by atoms with Crippen molar-refractivity contribution >= 4 is 40.3 Å². The van der Waals surface area contributed by atoms with E-state index in [-0.39, 0.29) is 24.7 Å². The molecule has 0 saturated carbocycles. The maximum absolute atomic E-state index is 13.5. The molecule has 0 aliphatic rings. The Hall–Kier alpha value is -4.73. The van der Waals surface area contributed by atoms with Crippen molar-refractivity contribution < 1.29 is 14.7 Å². The predicted molar refractivity (Wildman–Crippen MR) is 143 cm³/mol. The molecule has 0 radical (unpaired) electrons. The van der Waals surface area contributed by atoms with Gasteiger partial charge in [0, 0.05) is 36.1 Å². The summed E-state index contributed by atoms with van der Waals surface area (Å²) in [5, 5.41) is 20.1. The van der Waals surface area contributed by atoms with Gasteiger partial charge in [-0.25, -0.2) is 9.97 Å². The van der Waals surface area contributed by atoms with Crippen LogP contribution in [0.5, 0.6) is 0 Å². The van der Waals surface area contributed by atoms with Crippen LogP contribution in [0.15, 0.2) is 60.8 Å². The van der Waals surface area contributed by atoms with Gasteiger partial charge < -0.3 is 20.7 Å². The number of aliphatic carboxylic acids is 1. The number of carbonyl (C=O) groups is 2. The molecule has 0 fully saturated rings. The molecule has 190 valence electrons. The van der Waals surface area contributed by atoms with Crippen molar-refractivity contribution in [3.63, 3.8) is 0 Å². The van der Waals surface area contributed by atoms with Gasteiger partial charge in [-0.05, 0) is 74.0 Å². The molecular weight excluding hydrogens is 470 g/mol. The number of nitrogens with two attached hydrogens (primary N) is 1. The summed E-state index contributed by atoms with van der Waals surface area (Å²) < 4.78 is 2.07. The molecule has 2 aromatic heterocycles. The van der Waals surface area contributed by atoms with Gasteiger partial charge in [0.25, 0.3) is 5.91 Å². The standard InChI is InChI=1S/C27H29N7O3/c1-3-33-22-9-6-19(27(37)34(13-11-25(35)36)23-14-17(2)10-12-30-23)15-21(22)32-24(33)16-31-20-7-4-18(5-8-20)26(28)29/h4-10,12,14-15,31H,3,11,13,16H2,1-2H3,(H3,28,29)(H,35,36). The number of nitrogens with zero attached hydrogens (tertiary/aromatic N) is 4. The molecule has 0 atom stereocenters. The quantitative estimate of drug-likeness (QED) is 0.191. The molecule has 37 heavy (non-hydrogen) atoms. The van der Waals surface area contributed by atoms with Crippen molar-refractivity contribution in [2.24, 2.45) is 5.73 Å². The molecule has 4 aromatic rings. The van der Waals surface area contributed by atoms with Gasteiger partial charge in [-0.3, -0.25) is 19.9 Å². The Kier molecular flexibility index (Phi) is 7.47. The predicted octanol–water partition coefficient (Wildman–Crippen LogP) is 3.78. The Morgan fingerprint density at radius 3 is 2.49 bits per heavy atom. The molecule has 2 heterocycles. The summed E-state index contributed by atoms with van der Waals surface area (Å²) in [4.78, 5) is 35.2. The molecule has 0 spiro atoms. The van der Waals surface area contributed by atoms with Crippen LogP contribution in [-0.2, 0) is 17.9 Å². The number of fused-ring (bicyclic) bond motifs is 1. The molecule has 1 amide bonds. The van der Waals surface area contributed by atoms with Crippen molar-refractivity contribution in [3.05, 3.63) is 83.3 Å². The molecule has 0 unspecified atom stereocenters. The third-order valence-electron chi connectivity index (χ3n) is 6.01. The van der Waals surface area contributed by atoms with Crippen molar-refractivity contribution in [2.75, 3.05) is 16.8 Å². The smallest absolute Gasteiger partial charge is 0.305 e. The largest absolute Gasteiger partial charge is 0.481 e. The number of aryl methyl sites for hydroxylation is 2. The van der Waals surface area contributed by atoms with Gasteiger partial charge in [0.2, 0.25) is 0 Å². The maximum atomic E-state index is 13.5. The fraction of sp³-hybridized carbons (Fsp3) is 0.222. The number of pyridine rings is 1. The fourth-order valence-electron chi connectivity index (χ4n) is 4.10. The van der Waals surface area contributed by atoms with Gasteiger partial charge in [0.1, 0.15) is 17.5 Å². The van der Waals surface area contributed by atoms with Crippen molar-refractivity contribution in [2.45, 2.75) is 33.4 Å². The highest BCUT2D eigenvalue weighted by atomic mass is 16.4. The summed E-state index contributed by atoms with van der Waals surface area (Å²) >= 11 is 0. The first kappa shape index (κ1) is 25.4. The Balaban J connectivity index is 1.60. The van der Waals surface area contributed by atoms with Crippen LogP contribution in [0.3, 0.4) is 0 Å². The summed E-state index contributed by atoms with van der Waals surface area (Å²) in [5.41, 5.74) is 9.94. The van der Waals surface area contributed by atoms with Gasteiger partial charge in [-0.15, -0.1) is 0 Å². The average Bonchev–Trinajstić information content (AvgIpc) is 3.24. The van der Waals surface area contributed by atoms with Gasteiger partial charge in [0.15, 0.2) is 0 Å². The lowest BCUT2D eigenvalue weighted by molar-refractivity contribution is -0.136. The van der Waals surface area contributed by atoms with Crippen LogP contribution in [0.25, 0.3) is 11.0 Å². The Labute approximate surface area is 214 Å². The van der Waals surface area contributed by atoms with Crippen LogP contribution < -0.4 is 16.0 Å². The number of hydrogen-bond donors (Lipinski definition) is 4. The number of amides is 1. The van der Waals surface area contributed by atoms with E-state index in [0.29, 0.717) is 35.6 Å². The summed E-state index contributed by atoms with van der Waals surface area (Å²) in [6.45, 7) is 5.08. The van der Waals surface area contributed by atoms with E-state index in [4.69, 9.17) is 16.1 Å². The number of imidazole rings is 1. The minimum absolute atomic E-state index is 0.00362. The van der Waals surface area contributed by atoms with E-state index in [9.17, 15) is 14.7 Å². The number of benzene rings is 2. The van der Waals surface area contributed by atoms with Crippen LogP contribution in [0.4, 0.5) is 11.5 Å². The molecule has 0 saturated heterocycles. The molecule has 5 N–H and O–H groups in total. The number of hydrogen-bond acceptors (Lipinski definition) is 6. The molecule has 10 heteroatoms. The van der Waals surface area contributed by atoms with E-state index in [2.05, 4.69) is 14.9 Å². The van der Waals surface area contributed by atoms with Crippen molar-refractivity contribution in [3.8, 4) is 0 Å². The zero-order valence-corrected chi connectivity index (χ0v) is 20.7. The first-order chi connectivity index (χ1) is 17.8. The van der Waals surface area contributed by atoms with E-state index in [1.54, 1.807) is 36.5 Å². The van der Waals surface area contributed by atoms with Crippen molar-refractivity contribution in [1.29, 1.82) is 5.41 Å². The lowest BCUT2D eigenvalue weighted by atomic mass is 10.1. The first-order valence-electron chi connectivity index (χ1n) is 11.9. The number of nitrogen functional groups attached to an aromatic ring is 1. The first-order valence-corrected chi connectivity index (χ1v) is 11.9.